The fourth-order valence-electron chi connectivity index (χ4n) is 2.93. The zero-order chi connectivity index (χ0) is 17.9. The summed E-state index contributed by atoms with van der Waals surface area (Å²) in [5.41, 5.74) is 2.76. The minimum atomic E-state index is -0.851. The van der Waals surface area contributed by atoms with Crippen LogP contribution in [0, 0.1) is 0 Å². The van der Waals surface area contributed by atoms with E-state index in [1.165, 1.54) is 11.1 Å². The van der Waals surface area contributed by atoms with Crippen molar-refractivity contribution in [1.82, 2.24) is 10.2 Å². The number of amides is 1. The lowest BCUT2D eigenvalue weighted by Gasteiger charge is -2.24. The van der Waals surface area contributed by atoms with E-state index in [2.05, 4.69) is 46.8 Å². The Kier molecular flexibility index (Phi) is 8.02. The molecule has 2 rings (SSSR count). The SMILES string of the molecule is O=C(O)CCCC(=O)NCCCCN1C=CC(C2=CCC=CC2)=CC1. The first-order valence-corrected chi connectivity index (χ1v) is 9.10. The number of rotatable bonds is 10. The number of carbonyl (C=O) groups is 2. The van der Waals surface area contributed by atoms with Crippen LogP contribution in [0.2, 0.25) is 0 Å². The van der Waals surface area contributed by atoms with Gasteiger partial charge < -0.3 is 15.3 Å². The average molecular weight is 344 g/mol. The Morgan fingerprint density at radius 1 is 1.12 bits per heavy atom. The number of hydrogen-bond acceptors (Lipinski definition) is 3. The highest BCUT2D eigenvalue weighted by Gasteiger charge is 2.09. The first-order valence-electron chi connectivity index (χ1n) is 9.10. The molecule has 0 aromatic rings. The monoisotopic (exact) mass is 344 g/mol. The third-order valence-electron chi connectivity index (χ3n) is 4.37. The van der Waals surface area contributed by atoms with E-state index >= 15 is 0 Å². The van der Waals surface area contributed by atoms with Crippen LogP contribution < -0.4 is 5.32 Å². The Morgan fingerprint density at radius 2 is 2.00 bits per heavy atom. The molecule has 1 aliphatic heterocycles. The molecule has 0 aromatic heterocycles. The summed E-state index contributed by atoms with van der Waals surface area (Å²) in [4.78, 5) is 24.2. The first kappa shape index (κ1) is 19.0. The van der Waals surface area contributed by atoms with E-state index in [9.17, 15) is 9.59 Å². The normalized spacial score (nSPS) is 16.4. The molecule has 0 atom stereocenters. The third-order valence-corrected chi connectivity index (χ3v) is 4.37. The topological polar surface area (TPSA) is 69.6 Å². The molecular formula is C20H28N2O3. The standard InChI is InChI=1S/C20H28N2O3/c23-19(9-6-10-20(24)25)21-13-4-5-14-22-15-11-18(12-16-22)17-7-2-1-3-8-17/h1-2,8,11-12,15H,3-7,9-10,13-14,16H2,(H,21,23)(H,24,25). The van der Waals surface area contributed by atoms with E-state index < -0.39 is 5.97 Å². The van der Waals surface area contributed by atoms with Crippen LogP contribution in [-0.2, 0) is 9.59 Å². The van der Waals surface area contributed by atoms with Crippen molar-refractivity contribution >= 4 is 11.9 Å². The van der Waals surface area contributed by atoms with Crippen molar-refractivity contribution in [3.8, 4) is 0 Å². The van der Waals surface area contributed by atoms with Gasteiger partial charge in [-0.2, -0.15) is 0 Å². The molecule has 0 radical (unpaired) electrons. The highest BCUT2D eigenvalue weighted by molar-refractivity contribution is 5.76. The molecule has 5 nitrogen and oxygen atoms in total. The van der Waals surface area contributed by atoms with Gasteiger partial charge in [-0.1, -0.05) is 24.3 Å². The molecule has 0 spiro atoms. The molecule has 0 saturated carbocycles. The average Bonchev–Trinajstić information content (AvgIpc) is 2.62. The highest BCUT2D eigenvalue weighted by atomic mass is 16.4. The summed E-state index contributed by atoms with van der Waals surface area (Å²) in [6.45, 7) is 2.58. The highest BCUT2D eigenvalue weighted by Crippen LogP contribution is 2.23. The molecule has 0 unspecified atom stereocenters. The van der Waals surface area contributed by atoms with Crippen LogP contribution in [0.3, 0.4) is 0 Å². The van der Waals surface area contributed by atoms with Crippen molar-refractivity contribution in [3.05, 3.63) is 47.7 Å². The molecule has 0 aromatic carbocycles. The Balaban J connectivity index is 1.53. The van der Waals surface area contributed by atoms with E-state index in [0.717, 1.165) is 38.8 Å². The molecule has 1 amide bonds. The lowest BCUT2D eigenvalue weighted by atomic mass is 9.96. The summed E-state index contributed by atoms with van der Waals surface area (Å²) in [5.74, 6) is -0.905. The molecule has 0 bridgehead atoms. The van der Waals surface area contributed by atoms with Gasteiger partial charge in [0.15, 0.2) is 0 Å². The van der Waals surface area contributed by atoms with Crippen LogP contribution in [0.4, 0.5) is 0 Å². The molecule has 136 valence electrons. The molecule has 0 saturated heterocycles. The number of allylic oxidation sites excluding steroid dienone is 6. The summed E-state index contributed by atoms with van der Waals surface area (Å²) < 4.78 is 0. The van der Waals surface area contributed by atoms with E-state index in [1.807, 2.05) is 0 Å². The molecule has 1 heterocycles. The maximum Gasteiger partial charge on any atom is 0.303 e. The number of unbranched alkanes of at least 4 members (excludes halogenated alkanes) is 1. The maximum absolute atomic E-state index is 11.5. The molecule has 0 fully saturated rings. The van der Waals surface area contributed by atoms with Gasteiger partial charge in [0.05, 0.1) is 0 Å². The van der Waals surface area contributed by atoms with Gasteiger partial charge in [0.25, 0.3) is 0 Å². The molecular weight excluding hydrogens is 316 g/mol. The fraction of sp³-hybridized carbons (Fsp3) is 0.500. The van der Waals surface area contributed by atoms with Gasteiger partial charge >= 0.3 is 5.97 Å². The van der Waals surface area contributed by atoms with Crippen LogP contribution in [0.1, 0.15) is 44.9 Å². The number of carboxylic acids is 1. The molecule has 2 N–H and O–H groups in total. The zero-order valence-electron chi connectivity index (χ0n) is 14.7. The number of carbonyl (C=O) groups excluding carboxylic acids is 1. The number of aliphatic carboxylic acids is 1. The Bertz CT molecular complexity index is 588. The second-order valence-corrected chi connectivity index (χ2v) is 6.42. The minimum absolute atomic E-state index is 0.0530. The largest absolute Gasteiger partial charge is 0.481 e. The Morgan fingerprint density at radius 3 is 2.68 bits per heavy atom. The predicted octanol–water partition coefficient (Wildman–Crippen LogP) is 3.17. The zero-order valence-corrected chi connectivity index (χ0v) is 14.7. The van der Waals surface area contributed by atoms with Crippen molar-refractivity contribution in [2.45, 2.75) is 44.9 Å². The fourth-order valence-corrected chi connectivity index (χ4v) is 2.93. The second-order valence-electron chi connectivity index (χ2n) is 6.42. The summed E-state index contributed by atoms with van der Waals surface area (Å²) in [6, 6.07) is 0. The Hall–Kier alpha value is -2.30. The number of carboxylic acid groups (broad SMARTS) is 1. The number of hydrogen-bond donors (Lipinski definition) is 2. The summed E-state index contributed by atoms with van der Waals surface area (Å²) in [5, 5.41) is 11.4. The first-order chi connectivity index (χ1) is 12.1. The van der Waals surface area contributed by atoms with Crippen molar-refractivity contribution in [3.63, 3.8) is 0 Å². The van der Waals surface area contributed by atoms with Crippen molar-refractivity contribution < 1.29 is 14.7 Å². The minimum Gasteiger partial charge on any atom is -0.481 e. The molecule has 5 heteroatoms. The second kappa shape index (κ2) is 10.5. The number of nitrogens with one attached hydrogen (secondary N) is 1. The van der Waals surface area contributed by atoms with E-state index in [-0.39, 0.29) is 12.3 Å². The van der Waals surface area contributed by atoms with Crippen LogP contribution in [0.25, 0.3) is 0 Å². The smallest absolute Gasteiger partial charge is 0.303 e. The van der Waals surface area contributed by atoms with Gasteiger partial charge in [0.1, 0.15) is 0 Å². The van der Waals surface area contributed by atoms with Gasteiger partial charge in [0.2, 0.25) is 5.91 Å². The number of nitrogens with zero attached hydrogens (tertiary/aromatic N) is 1. The van der Waals surface area contributed by atoms with Gasteiger partial charge in [-0.05, 0) is 55.5 Å². The predicted molar refractivity (Wildman–Crippen MR) is 99.0 cm³/mol. The van der Waals surface area contributed by atoms with Crippen LogP contribution >= 0.6 is 0 Å². The van der Waals surface area contributed by atoms with Crippen LogP contribution in [0.15, 0.2) is 47.7 Å². The summed E-state index contributed by atoms with van der Waals surface area (Å²) in [7, 11) is 0. The van der Waals surface area contributed by atoms with Crippen LogP contribution in [0.5, 0.6) is 0 Å². The van der Waals surface area contributed by atoms with Gasteiger partial charge in [-0.25, -0.2) is 0 Å². The summed E-state index contributed by atoms with van der Waals surface area (Å²) in [6.07, 6.45) is 18.1. The maximum atomic E-state index is 11.5. The van der Waals surface area contributed by atoms with Crippen molar-refractivity contribution in [1.29, 1.82) is 0 Å². The van der Waals surface area contributed by atoms with E-state index in [1.54, 1.807) is 0 Å². The molecule has 1 aliphatic carbocycles. The summed E-state index contributed by atoms with van der Waals surface area (Å²) >= 11 is 0. The van der Waals surface area contributed by atoms with Crippen molar-refractivity contribution in [2.75, 3.05) is 19.6 Å². The Labute approximate surface area is 149 Å². The lowest BCUT2D eigenvalue weighted by Crippen LogP contribution is -2.26. The van der Waals surface area contributed by atoms with E-state index in [0.29, 0.717) is 19.4 Å². The quantitative estimate of drug-likeness (QED) is 0.472. The third kappa shape index (κ3) is 7.42. The van der Waals surface area contributed by atoms with Gasteiger partial charge in [-0.3, -0.25) is 9.59 Å². The molecule has 25 heavy (non-hydrogen) atoms. The van der Waals surface area contributed by atoms with E-state index in [4.69, 9.17) is 5.11 Å². The van der Waals surface area contributed by atoms with Gasteiger partial charge in [0, 0.05) is 32.5 Å². The van der Waals surface area contributed by atoms with Gasteiger partial charge in [-0.15, -0.1) is 0 Å². The van der Waals surface area contributed by atoms with Crippen molar-refractivity contribution in [2.24, 2.45) is 0 Å². The molecule has 2 aliphatic rings. The van der Waals surface area contributed by atoms with Crippen LogP contribution in [-0.4, -0.2) is 41.5 Å². The lowest BCUT2D eigenvalue weighted by molar-refractivity contribution is -0.137.